The molecule has 1 aromatic heterocycles. The lowest BCUT2D eigenvalue weighted by Crippen LogP contribution is -2.16. The minimum absolute atomic E-state index is 0.0209. The molecule has 4 nitrogen and oxygen atoms in total. The number of aromatic nitrogens is 1. The molecule has 0 spiro atoms. The Labute approximate surface area is 136 Å². The zero-order chi connectivity index (χ0) is 16.6. The van der Waals surface area contributed by atoms with Crippen LogP contribution in [0.1, 0.15) is 63.0 Å². The van der Waals surface area contributed by atoms with Gasteiger partial charge in [-0.1, -0.05) is 12.1 Å². The van der Waals surface area contributed by atoms with Crippen LogP contribution in [0.3, 0.4) is 0 Å². The Hall–Kier alpha value is -2.36. The number of aromatic amines is 1. The second-order valence-corrected chi connectivity index (χ2v) is 6.29. The first-order chi connectivity index (χ1) is 11.0. The summed E-state index contributed by atoms with van der Waals surface area (Å²) in [5, 5.41) is 3.03. The first kappa shape index (κ1) is 15.5. The molecule has 0 aliphatic heterocycles. The second-order valence-electron chi connectivity index (χ2n) is 6.29. The van der Waals surface area contributed by atoms with Crippen molar-refractivity contribution in [2.75, 3.05) is 5.32 Å². The van der Waals surface area contributed by atoms with Crippen molar-refractivity contribution < 1.29 is 9.59 Å². The van der Waals surface area contributed by atoms with Crippen molar-refractivity contribution in [3.8, 4) is 0 Å². The van der Waals surface area contributed by atoms with Crippen LogP contribution in [-0.4, -0.2) is 16.7 Å². The predicted octanol–water partition coefficient (Wildman–Crippen LogP) is 3.97. The van der Waals surface area contributed by atoms with E-state index in [1.807, 2.05) is 26.0 Å². The quantitative estimate of drug-likeness (QED) is 0.843. The molecule has 120 valence electrons. The first-order valence-electron chi connectivity index (χ1n) is 8.11. The van der Waals surface area contributed by atoms with Gasteiger partial charge in [0.1, 0.15) is 5.69 Å². The molecule has 23 heavy (non-hydrogen) atoms. The summed E-state index contributed by atoms with van der Waals surface area (Å²) < 4.78 is 0. The van der Waals surface area contributed by atoms with Crippen LogP contribution < -0.4 is 5.32 Å². The van der Waals surface area contributed by atoms with E-state index in [9.17, 15) is 9.59 Å². The molecule has 1 heterocycles. The standard InChI is InChI=1S/C19H22N2O2/c1-11-17(13(3)22)12(2)20-18(11)19(23)21-16-10-6-8-14-7-4-5-9-15(14)16/h6,8,10,20H,4-5,7,9H2,1-3H3,(H,21,23). The highest BCUT2D eigenvalue weighted by molar-refractivity contribution is 6.08. The van der Waals surface area contributed by atoms with Gasteiger partial charge in [-0.15, -0.1) is 0 Å². The van der Waals surface area contributed by atoms with Gasteiger partial charge in [0, 0.05) is 16.9 Å². The van der Waals surface area contributed by atoms with Gasteiger partial charge in [-0.3, -0.25) is 9.59 Å². The molecule has 0 saturated heterocycles. The molecule has 0 saturated carbocycles. The highest BCUT2D eigenvalue weighted by Gasteiger charge is 2.21. The number of aryl methyl sites for hydroxylation is 2. The van der Waals surface area contributed by atoms with Crippen molar-refractivity contribution in [1.82, 2.24) is 4.98 Å². The second kappa shape index (κ2) is 6.03. The number of amides is 1. The lowest BCUT2D eigenvalue weighted by molar-refractivity contribution is 0.101. The maximum absolute atomic E-state index is 12.7. The van der Waals surface area contributed by atoms with Crippen molar-refractivity contribution in [1.29, 1.82) is 0 Å². The molecule has 1 amide bonds. The van der Waals surface area contributed by atoms with E-state index in [0.29, 0.717) is 11.3 Å². The molecular weight excluding hydrogens is 288 g/mol. The summed E-state index contributed by atoms with van der Waals surface area (Å²) in [7, 11) is 0. The molecule has 0 fully saturated rings. The highest BCUT2D eigenvalue weighted by Crippen LogP contribution is 2.28. The number of Topliss-reactive ketones (excluding diaryl/α,β-unsaturated/α-hetero) is 1. The highest BCUT2D eigenvalue weighted by atomic mass is 16.2. The summed E-state index contributed by atoms with van der Waals surface area (Å²) in [5.41, 5.74) is 6.03. The SMILES string of the molecule is CC(=O)c1c(C)[nH]c(C(=O)Nc2cccc3c2CCCC3)c1C. The van der Waals surface area contributed by atoms with Crippen molar-refractivity contribution in [3.05, 3.63) is 51.8 Å². The van der Waals surface area contributed by atoms with E-state index in [-0.39, 0.29) is 11.7 Å². The first-order valence-corrected chi connectivity index (χ1v) is 8.11. The maximum Gasteiger partial charge on any atom is 0.272 e. The number of carbonyl (C=O) groups is 2. The molecule has 2 N–H and O–H groups in total. The third-order valence-electron chi connectivity index (χ3n) is 4.66. The number of ketones is 1. The Balaban J connectivity index is 1.92. The lowest BCUT2D eigenvalue weighted by atomic mass is 9.90. The minimum Gasteiger partial charge on any atom is -0.354 e. The van der Waals surface area contributed by atoms with Crippen molar-refractivity contribution in [2.24, 2.45) is 0 Å². The summed E-state index contributed by atoms with van der Waals surface area (Å²) >= 11 is 0. The number of hydrogen-bond acceptors (Lipinski definition) is 2. The van der Waals surface area contributed by atoms with Gasteiger partial charge in [0.2, 0.25) is 0 Å². The Morgan fingerprint density at radius 2 is 1.87 bits per heavy atom. The predicted molar refractivity (Wildman–Crippen MR) is 91.3 cm³/mol. The summed E-state index contributed by atoms with van der Waals surface area (Å²) in [4.78, 5) is 27.4. The molecular formula is C19H22N2O2. The van der Waals surface area contributed by atoms with Gasteiger partial charge in [-0.25, -0.2) is 0 Å². The molecule has 1 aromatic carbocycles. The van der Waals surface area contributed by atoms with Gasteiger partial charge in [0.05, 0.1) is 0 Å². The topological polar surface area (TPSA) is 62.0 Å². The minimum atomic E-state index is -0.183. The number of nitrogens with one attached hydrogen (secondary N) is 2. The number of benzene rings is 1. The molecule has 1 aliphatic rings. The zero-order valence-corrected chi connectivity index (χ0v) is 13.9. The summed E-state index contributed by atoms with van der Waals surface area (Å²) in [6.45, 7) is 5.17. The molecule has 0 atom stereocenters. The molecule has 0 radical (unpaired) electrons. The average Bonchev–Trinajstić information content (AvgIpc) is 2.82. The third kappa shape index (κ3) is 2.81. The molecule has 1 aliphatic carbocycles. The fourth-order valence-corrected chi connectivity index (χ4v) is 3.59. The van der Waals surface area contributed by atoms with Gasteiger partial charge >= 0.3 is 0 Å². The largest absolute Gasteiger partial charge is 0.354 e. The Kier molecular flexibility index (Phi) is 4.07. The number of hydrogen-bond donors (Lipinski definition) is 2. The molecule has 0 bridgehead atoms. The van der Waals surface area contributed by atoms with Crippen LogP contribution in [-0.2, 0) is 12.8 Å². The number of fused-ring (bicyclic) bond motifs is 1. The van der Waals surface area contributed by atoms with Crippen LogP contribution in [0.15, 0.2) is 18.2 Å². The van der Waals surface area contributed by atoms with Crippen LogP contribution in [0, 0.1) is 13.8 Å². The lowest BCUT2D eigenvalue weighted by Gasteiger charge is -2.19. The van der Waals surface area contributed by atoms with Gasteiger partial charge < -0.3 is 10.3 Å². The number of H-pyrrole nitrogens is 1. The van der Waals surface area contributed by atoms with E-state index in [2.05, 4.69) is 16.4 Å². The van der Waals surface area contributed by atoms with E-state index in [1.54, 1.807) is 0 Å². The Morgan fingerprint density at radius 1 is 1.13 bits per heavy atom. The number of carbonyl (C=O) groups excluding carboxylic acids is 2. The van der Waals surface area contributed by atoms with Crippen LogP contribution in [0.5, 0.6) is 0 Å². The van der Waals surface area contributed by atoms with E-state index >= 15 is 0 Å². The van der Waals surface area contributed by atoms with Gasteiger partial charge in [0.15, 0.2) is 5.78 Å². The molecule has 0 unspecified atom stereocenters. The summed E-state index contributed by atoms with van der Waals surface area (Å²) in [5.74, 6) is -0.204. The molecule has 3 rings (SSSR count). The molecule has 4 heteroatoms. The van der Waals surface area contributed by atoms with Gasteiger partial charge in [0.25, 0.3) is 5.91 Å². The summed E-state index contributed by atoms with van der Waals surface area (Å²) in [6, 6.07) is 6.09. The Morgan fingerprint density at radius 3 is 2.57 bits per heavy atom. The maximum atomic E-state index is 12.7. The average molecular weight is 310 g/mol. The third-order valence-corrected chi connectivity index (χ3v) is 4.66. The zero-order valence-electron chi connectivity index (χ0n) is 13.9. The summed E-state index contributed by atoms with van der Waals surface area (Å²) in [6.07, 6.45) is 4.46. The van der Waals surface area contributed by atoms with Crippen molar-refractivity contribution >= 4 is 17.4 Å². The number of rotatable bonds is 3. The van der Waals surface area contributed by atoms with Crippen LogP contribution in [0.2, 0.25) is 0 Å². The van der Waals surface area contributed by atoms with E-state index < -0.39 is 0 Å². The monoisotopic (exact) mass is 310 g/mol. The smallest absolute Gasteiger partial charge is 0.272 e. The fourth-order valence-electron chi connectivity index (χ4n) is 3.59. The van der Waals surface area contributed by atoms with Gasteiger partial charge in [-0.2, -0.15) is 0 Å². The van der Waals surface area contributed by atoms with E-state index in [4.69, 9.17) is 0 Å². The van der Waals surface area contributed by atoms with Crippen LogP contribution in [0.4, 0.5) is 5.69 Å². The van der Waals surface area contributed by atoms with Crippen LogP contribution in [0.25, 0.3) is 0 Å². The van der Waals surface area contributed by atoms with Crippen molar-refractivity contribution in [3.63, 3.8) is 0 Å². The van der Waals surface area contributed by atoms with Crippen LogP contribution >= 0.6 is 0 Å². The van der Waals surface area contributed by atoms with E-state index in [1.165, 1.54) is 24.5 Å². The van der Waals surface area contributed by atoms with Crippen molar-refractivity contribution in [2.45, 2.75) is 46.5 Å². The normalized spacial score (nSPS) is 13.5. The van der Waals surface area contributed by atoms with E-state index in [0.717, 1.165) is 36.2 Å². The Bertz CT molecular complexity index is 787. The fraction of sp³-hybridized carbons (Fsp3) is 0.368. The number of anilines is 1. The molecule has 2 aromatic rings. The van der Waals surface area contributed by atoms with Gasteiger partial charge in [-0.05, 0) is 69.2 Å².